The van der Waals surface area contributed by atoms with E-state index in [4.69, 9.17) is 15.8 Å². The van der Waals surface area contributed by atoms with Gasteiger partial charge in [0.2, 0.25) is 0 Å². The molecular formula is C22H12Br2ClFN2O4S. The Morgan fingerprint density at radius 2 is 1.73 bits per heavy atom. The summed E-state index contributed by atoms with van der Waals surface area (Å²) in [6.07, 6.45) is 1.18. The van der Waals surface area contributed by atoms with Crippen LogP contribution in [0.1, 0.15) is 5.56 Å². The first-order valence-electron chi connectivity index (χ1n) is 8.97. The lowest BCUT2D eigenvalue weighted by Crippen LogP contribution is -2.14. The highest BCUT2D eigenvalue weighted by Gasteiger charge is 2.22. The van der Waals surface area contributed by atoms with Crippen LogP contribution >= 0.6 is 43.5 Å². The Hall–Kier alpha value is -2.71. The number of anilines is 1. The van der Waals surface area contributed by atoms with E-state index in [9.17, 15) is 22.9 Å². The van der Waals surface area contributed by atoms with Gasteiger partial charge in [-0.3, -0.25) is 4.79 Å². The molecule has 0 spiro atoms. The topological polar surface area (TPSA) is 96.3 Å². The first-order valence-corrected chi connectivity index (χ1v) is 12.3. The van der Waals surface area contributed by atoms with Gasteiger partial charge in [-0.2, -0.15) is 13.7 Å². The quantitative estimate of drug-likeness (QED) is 0.199. The van der Waals surface area contributed by atoms with Crippen LogP contribution in [0.2, 0.25) is 5.02 Å². The van der Waals surface area contributed by atoms with Crippen LogP contribution in [-0.2, 0) is 14.9 Å². The monoisotopic (exact) mass is 612 g/mol. The van der Waals surface area contributed by atoms with Gasteiger partial charge in [0.25, 0.3) is 5.91 Å². The van der Waals surface area contributed by atoms with E-state index in [1.54, 1.807) is 12.1 Å². The molecule has 33 heavy (non-hydrogen) atoms. The predicted octanol–water partition coefficient (Wildman–Crippen LogP) is 6.32. The van der Waals surface area contributed by atoms with Crippen LogP contribution in [0.3, 0.4) is 0 Å². The Morgan fingerprint density at radius 1 is 1.09 bits per heavy atom. The van der Waals surface area contributed by atoms with Crippen LogP contribution < -0.4 is 9.50 Å². The standard InChI is InChI=1S/C22H12Br2ClFN2O4S/c23-15-10-13(9-14(12-27)22(29)28-18-5-3-17(26)4-6-18)21(20(24)11-15)32-33(30,31)19-7-1-16(25)2-8-19/h1-11H,(H,28,29)/b14-9+. The molecule has 11 heteroatoms. The molecule has 0 bridgehead atoms. The average Bonchev–Trinajstić information content (AvgIpc) is 2.76. The number of hydrogen-bond donors (Lipinski definition) is 1. The number of nitrogens with one attached hydrogen (secondary N) is 1. The summed E-state index contributed by atoms with van der Waals surface area (Å²) in [6.45, 7) is 0. The number of carbonyl (C=O) groups excluding carboxylic acids is 1. The molecule has 0 aliphatic carbocycles. The molecule has 0 saturated carbocycles. The Morgan fingerprint density at radius 3 is 2.33 bits per heavy atom. The fraction of sp³-hybridized carbons (Fsp3) is 0. The zero-order chi connectivity index (χ0) is 24.2. The third kappa shape index (κ3) is 6.42. The lowest BCUT2D eigenvalue weighted by Gasteiger charge is -2.13. The fourth-order valence-corrected chi connectivity index (χ4v) is 5.11. The number of benzene rings is 3. The molecule has 1 amide bonds. The number of carbonyl (C=O) groups is 1. The van der Waals surface area contributed by atoms with Gasteiger partial charge in [0, 0.05) is 20.7 Å². The van der Waals surface area contributed by atoms with Crippen LogP contribution in [-0.4, -0.2) is 14.3 Å². The summed E-state index contributed by atoms with van der Waals surface area (Å²) in [7, 11) is -4.26. The second-order valence-corrected chi connectivity index (χ2v) is 10.2. The van der Waals surface area contributed by atoms with E-state index in [1.807, 2.05) is 0 Å². The highest BCUT2D eigenvalue weighted by atomic mass is 79.9. The van der Waals surface area contributed by atoms with E-state index < -0.39 is 21.8 Å². The molecule has 0 saturated heterocycles. The number of hydrogen-bond acceptors (Lipinski definition) is 5. The zero-order valence-corrected chi connectivity index (χ0v) is 21.1. The minimum absolute atomic E-state index is 0.129. The molecule has 0 radical (unpaired) electrons. The van der Waals surface area contributed by atoms with Crippen molar-refractivity contribution in [2.24, 2.45) is 0 Å². The maximum Gasteiger partial charge on any atom is 0.339 e. The second-order valence-electron chi connectivity index (χ2n) is 6.43. The summed E-state index contributed by atoms with van der Waals surface area (Å²) in [5, 5.41) is 12.3. The fourth-order valence-electron chi connectivity index (χ4n) is 2.57. The summed E-state index contributed by atoms with van der Waals surface area (Å²) >= 11 is 12.4. The third-order valence-corrected chi connectivity index (χ3v) is 6.63. The molecule has 0 heterocycles. The molecule has 3 aromatic rings. The smallest absolute Gasteiger partial charge is 0.339 e. The summed E-state index contributed by atoms with van der Waals surface area (Å²) in [5.41, 5.74) is 0.0809. The molecule has 0 unspecified atom stereocenters. The highest BCUT2D eigenvalue weighted by Crippen LogP contribution is 2.36. The van der Waals surface area contributed by atoms with Crippen LogP contribution in [0.4, 0.5) is 10.1 Å². The van der Waals surface area contributed by atoms with E-state index in [1.165, 1.54) is 48.5 Å². The average molecular weight is 615 g/mol. The van der Waals surface area contributed by atoms with Crippen LogP contribution in [0.15, 0.2) is 80.1 Å². The van der Waals surface area contributed by atoms with Crippen LogP contribution in [0.5, 0.6) is 5.75 Å². The summed E-state index contributed by atoms with van der Waals surface area (Å²) < 4.78 is 44.7. The predicted molar refractivity (Wildman–Crippen MR) is 130 cm³/mol. The molecule has 3 aromatic carbocycles. The Bertz CT molecular complexity index is 1390. The van der Waals surface area contributed by atoms with Gasteiger partial charge in [-0.05, 0) is 82.7 Å². The SMILES string of the molecule is N#C/C(=C\c1cc(Br)cc(Br)c1OS(=O)(=O)c1ccc(Cl)cc1)C(=O)Nc1ccc(F)cc1. The highest BCUT2D eigenvalue weighted by molar-refractivity contribution is 9.11. The van der Waals surface area contributed by atoms with Crippen molar-refractivity contribution in [1.82, 2.24) is 0 Å². The summed E-state index contributed by atoms with van der Waals surface area (Å²) in [5.74, 6) is -1.38. The zero-order valence-electron chi connectivity index (χ0n) is 16.4. The maximum atomic E-state index is 13.1. The van der Waals surface area contributed by atoms with Crippen molar-refractivity contribution in [1.29, 1.82) is 5.26 Å². The van der Waals surface area contributed by atoms with Crippen molar-refractivity contribution >= 4 is 71.2 Å². The number of halogens is 4. The molecule has 0 aromatic heterocycles. The first-order chi connectivity index (χ1) is 15.6. The molecule has 168 valence electrons. The van der Waals surface area contributed by atoms with Gasteiger partial charge in [-0.15, -0.1) is 0 Å². The van der Waals surface area contributed by atoms with Crippen molar-refractivity contribution in [2.75, 3.05) is 5.32 Å². The number of amides is 1. The van der Waals surface area contributed by atoms with Gasteiger partial charge in [0.05, 0.1) is 4.47 Å². The van der Waals surface area contributed by atoms with Gasteiger partial charge in [-0.1, -0.05) is 27.5 Å². The molecule has 3 rings (SSSR count). The minimum atomic E-state index is -4.26. The molecular weight excluding hydrogens is 603 g/mol. The minimum Gasteiger partial charge on any atom is -0.377 e. The van der Waals surface area contributed by atoms with E-state index in [0.717, 1.165) is 12.1 Å². The number of nitriles is 1. The number of nitrogens with zero attached hydrogens (tertiary/aromatic N) is 1. The van der Waals surface area contributed by atoms with E-state index in [0.29, 0.717) is 9.50 Å². The van der Waals surface area contributed by atoms with Gasteiger partial charge in [-0.25, -0.2) is 4.39 Å². The van der Waals surface area contributed by atoms with Gasteiger partial charge in [0.15, 0.2) is 5.75 Å². The molecule has 0 aliphatic rings. The van der Waals surface area contributed by atoms with Crippen molar-refractivity contribution in [2.45, 2.75) is 4.90 Å². The van der Waals surface area contributed by atoms with Gasteiger partial charge >= 0.3 is 10.1 Å². The first kappa shape index (κ1) is 24.9. The number of rotatable bonds is 6. The Balaban J connectivity index is 1.99. The van der Waals surface area contributed by atoms with Crippen LogP contribution in [0.25, 0.3) is 6.08 Å². The Kier molecular flexibility index (Phi) is 7.92. The largest absolute Gasteiger partial charge is 0.377 e. The normalized spacial score (nSPS) is 11.5. The maximum absolute atomic E-state index is 13.1. The van der Waals surface area contributed by atoms with E-state index in [-0.39, 0.29) is 31.9 Å². The Labute approximate surface area is 211 Å². The molecule has 1 N–H and O–H groups in total. The van der Waals surface area contributed by atoms with Crippen molar-refractivity contribution in [3.63, 3.8) is 0 Å². The van der Waals surface area contributed by atoms with Crippen molar-refractivity contribution < 1.29 is 21.8 Å². The van der Waals surface area contributed by atoms with E-state index in [2.05, 4.69) is 37.2 Å². The molecule has 0 atom stereocenters. The van der Waals surface area contributed by atoms with Gasteiger partial charge < -0.3 is 9.50 Å². The molecule has 0 aliphatic heterocycles. The lowest BCUT2D eigenvalue weighted by molar-refractivity contribution is -0.112. The lowest BCUT2D eigenvalue weighted by atomic mass is 10.1. The van der Waals surface area contributed by atoms with Crippen LogP contribution in [0, 0.1) is 17.1 Å². The van der Waals surface area contributed by atoms with Gasteiger partial charge in [0.1, 0.15) is 22.4 Å². The molecule has 0 fully saturated rings. The third-order valence-electron chi connectivity index (χ3n) is 4.10. The second kappa shape index (κ2) is 10.5. The summed E-state index contributed by atoms with van der Waals surface area (Å²) in [4.78, 5) is 12.4. The summed E-state index contributed by atoms with van der Waals surface area (Å²) in [6, 6.07) is 15.2. The van der Waals surface area contributed by atoms with E-state index >= 15 is 0 Å². The molecule has 6 nitrogen and oxygen atoms in total. The van der Waals surface area contributed by atoms with Crippen molar-refractivity contribution in [3.8, 4) is 11.8 Å². The van der Waals surface area contributed by atoms with Crippen molar-refractivity contribution in [3.05, 3.63) is 91.6 Å².